The number of thioether (sulfide) groups is 1. The molecule has 2 aromatic rings. The number of anilines is 1. The molecule has 1 aromatic carbocycles. The number of hydrogen-bond acceptors (Lipinski definition) is 5. The van der Waals surface area contributed by atoms with E-state index >= 15 is 0 Å². The lowest BCUT2D eigenvalue weighted by atomic mass is 9.96. The third kappa shape index (κ3) is 4.96. The summed E-state index contributed by atoms with van der Waals surface area (Å²) in [5.41, 5.74) is -1.32. The Kier molecular flexibility index (Phi) is 6.49. The van der Waals surface area contributed by atoms with Crippen LogP contribution in [0.1, 0.15) is 50.6 Å². The van der Waals surface area contributed by atoms with Crippen LogP contribution in [0.5, 0.6) is 0 Å². The van der Waals surface area contributed by atoms with Gasteiger partial charge in [-0.15, -0.1) is 5.10 Å². The molecule has 1 saturated carbocycles. The first-order valence-corrected chi connectivity index (χ1v) is 10.1. The van der Waals surface area contributed by atoms with Crippen molar-refractivity contribution in [3.05, 3.63) is 28.8 Å². The summed E-state index contributed by atoms with van der Waals surface area (Å²) in [6, 6.07) is 3.42. The lowest BCUT2D eigenvalue weighted by molar-refractivity contribution is -0.137. The SMILES string of the molecule is CC(Sc1nnnn1C1CCCCC1)C(=O)Nc1ccc(Cl)cc1C(F)(F)F. The fourth-order valence-corrected chi connectivity index (χ4v) is 4.16. The molecule has 0 aliphatic heterocycles. The average molecular weight is 434 g/mol. The highest BCUT2D eigenvalue weighted by Crippen LogP contribution is 2.37. The number of carbonyl (C=O) groups is 1. The van der Waals surface area contributed by atoms with Crippen LogP contribution in [-0.2, 0) is 11.0 Å². The Balaban J connectivity index is 1.71. The Bertz CT molecular complexity index is 838. The first-order valence-electron chi connectivity index (χ1n) is 8.88. The molecular formula is C17H19ClF3N5OS. The Morgan fingerprint density at radius 3 is 2.71 bits per heavy atom. The first-order chi connectivity index (χ1) is 13.3. The van der Waals surface area contributed by atoms with Gasteiger partial charge in [0, 0.05) is 5.02 Å². The van der Waals surface area contributed by atoms with Crippen molar-refractivity contribution in [2.75, 3.05) is 5.32 Å². The highest BCUT2D eigenvalue weighted by Gasteiger charge is 2.34. The van der Waals surface area contributed by atoms with E-state index < -0.39 is 22.9 Å². The molecule has 11 heteroatoms. The van der Waals surface area contributed by atoms with Gasteiger partial charge < -0.3 is 5.32 Å². The van der Waals surface area contributed by atoms with E-state index in [1.54, 1.807) is 11.6 Å². The van der Waals surface area contributed by atoms with Crippen molar-refractivity contribution < 1.29 is 18.0 Å². The van der Waals surface area contributed by atoms with Gasteiger partial charge in [-0.2, -0.15) is 13.2 Å². The summed E-state index contributed by atoms with van der Waals surface area (Å²) in [5.74, 6) is -0.573. The van der Waals surface area contributed by atoms with Gasteiger partial charge in [-0.1, -0.05) is 42.6 Å². The van der Waals surface area contributed by atoms with E-state index in [2.05, 4.69) is 20.8 Å². The summed E-state index contributed by atoms with van der Waals surface area (Å²) in [7, 11) is 0. The van der Waals surface area contributed by atoms with E-state index in [0.717, 1.165) is 49.6 Å². The van der Waals surface area contributed by atoms with Gasteiger partial charge >= 0.3 is 6.18 Å². The number of nitrogens with zero attached hydrogens (tertiary/aromatic N) is 4. The minimum Gasteiger partial charge on any atom is -0.325 e. The van der Waals surface area contributed by atoms with Crippen LogP contribution in [0.25, 0.3) is 0 Å². The number of tetrazole rings is 1. The molecule has 0 bridgehead atoms. The van der Waals surface area contributed by atoms with Crippen molar-refractivity contribution >= 4 is 35.0 Å². The van der Waals surface area contributed by atoms with E-state index in [1.807, 2.05) is 0 Å². The van der Waals surface area contributed by atoms with Crippen molar-refractivity contribution in [2.45, 2.75) is 61.7 Å². The molecule has 1 N–H and O–H groups in total. The quantitative estimate of drug-likeness (QED) is 0.674. The van der Waals surface area contributed by atoms with Gasteiger partial charge in [-0.25, -0.2) is 4.68 Å². The van der Waals surface area contributed by atoms with Gasteiger partial charge in [0.1, 0.15) is 0 Å². The van der Waals surface area contributed by atoms with Crippen molar-refractivity contribution in [3.63, 3.8) is 0 Å². The molecule has 1 aromatic heterocycles. The summed E-state index contributed by atoms with van der Waals surface area (Å²) < 4.78 is 41.3. The van der Waals surface area contributed by atoms with Crippen LogP contribution in [0.2, 0.25) is 5.02 Å². The fourth-order valence-electron chi connectivity index (χ4n) is 3.12. The number of hydrogen-bond donors (Lipinski definition) is 1. The lowest BCUT2D eigenvalue weighted by Gasteiger charge is -2.22. The second kappa shape index (κ2) is 8.69. The van der Waals surface area contributed by atoms with Crippen molar-refractivity contribution in [3.8, 4) is 0 Å². The largest absolute Gasteiger partial charge is 0.418 e. The summed E-state index contributed by atoms with van der Waals surface area (Å²) in [4.78, 5) is 12.5. The highest BCUT2D eigenvalue weighted by molar-refractivity contribution is 8.00. The Morgan fingerprint density at radius 2 is 2.04 bits per heavy atom. The summed E-state index contributed by atoms with van der Waals surface area (Å²) in [6.45, 7) is 1.60. The number of aromatic nitrogens is 4. The van der Waals surface area contributed by atoms with E-state index in [1.165, 1.54) is 12.5 Å². The number of rotatable bonds is 5. The molecule has 3 rings (SSSR count). The Hall–Kier alpha value is -1.81. The third-order valence-corrected chi connectivity index (χ3v) is 5.86. The van der Waals surface area contributed by atoms with E-state index in [9.17, 15) is 18.0 Å². The number of carbonyl (C=O) groups excluding carboxylic acids is 1. The molecule has 0 radical (unpaired) electrons. The minimum atomic E-state index is -4.63. The molecule has 0 spiro atoms. The maximum atomic E-state index is 13.2. The van der Waals surface area contributed by atoms with Gasteiger partial charge in [0.05, 0.1) is 22.5 Å². The molecule has 1 fully saturated rings. The summed E-state index contributed by atoms with van der Waals surface area (Å²) in [6.07, 6.45) is 0.693. The van der Waals surface area contributed by atoms with Crippen LogP contribution in [0.15, 0.2) is 23.4 Å². The number of amides is 1. The number of benzene rings is 1. The molecule has 1 heterocycles. The van der Waals surface area contributed by atoms with Crippen LogP contribution in [0, 0.1) is 0 Å². The van der Waals surface area contributed by atoms with E-state index in [0.29, 0.717) is 5.16 Å². The fraction of sp³-hybridized carbons (Fsp3) is 0.529. The smallest absolute Gasteiger partial charge is 0.325 e. The van der Waals surface area contributed by atoms with Crippen LogP contribution >= 0.6 is 23.4 Å². The van der Waals surface area contributed by atoms with Crippen LogP contribution in [0.4, 0.5) is 18.9 Å². The minimum absolute atomic E-state index is 0.0561. The zero-order chi connectivity index (χ0) is 20.3. The van der Waals surface area contributed by atoms with Crippen molar-refractivity contribution in [1.29, 1.82) is 0 Å². The van der Waals surface area contributed by atoms with Crippen LogP contribution < -0.4 is 5.32 Å². The number of nitrogens with one attached hydrogen (secondary N) is 1. The third-order valence-electron chi connectivity index (χ3n) is 4.58. The molecule has 28 heavy (non-hydrogen) atoms. The van der Waals surface area contributed by atoms with Gasteiger partial charge in [-0.3, -0.25) is 4.79 Å². The van der Waals surface area contributed by atoms with Crippen molar-refractivity contribution in [2.24, 2.45) is 0 Å². The normalized spacial score (nSPS) is 16.8. The first kappa shape index (κ1) is 20.9. The van der Waals surface area contributed by atoms with Gasteiger partial charge in [-0.05, 0) is 48.4 Å². The molecule has 1 unspecified atom stereocenters. The predicted molar refractivity (Wildman–Crippen MR) is 100 cm³/mol. The highest BCUT2D eigenvalue weighted by atomic mass is 35.5. The molecule has 1 aliphatic carbocycles. The van der Waals surface area contributed by atoms with Crippen molar-refractivity contribution in [1.82, 2.24) is 20.2 Å². The molecule has 6 nitrogen and oxygen atoms in total. The molecule has 152 valence electrons. The zero-order valence-electron chi connectivity index (χ0n) is 15.0. The standard InChI is InChI=1S/C17H19ClF3N5OS/c1-10(28-16-23-24-25-26(16)12-5-3-2-4-6-12)15(27)22-14-8-7-11(18)9-13(14)17(19,20)21/h7-10,12H,2-6H2,1H3,(H,22,27). The molecule has 1 amide bonds. The maximum Gasteiger partial charge on any atom is 0.418 e. The Labute approximate surface area is 169 Å². The zero-order valence-corrected chi connectivity index (χ0v) is 16.6. The molecule has 0 saturated heterocycles. The van der Waals surface area contributed by atoms with E-state index in [4.69, 9.17) is 11.6 Å². The average Bonchev–Trinajstić information content (AvgIpc) is 3.11. The second-order valence-corrected chi connectivity index (χ2v) is 8.38. The van der Waals surface area contributed by atoms with Crippen LogP contribution in [-0.4, -0.2) is 31.4 Å². The topological polar surface area (TPSA) is 72.7 Å². The summed E-state index contributed by atoms with van der Waals surface area (Å²) in [5, 5.41) is 13.8. The number of alkyl halides is 3. The monoisotopic (exact) mass is 433 g/mol. The Morgan fingerprint density at radius 1 is 1.32 bits per heavy atom. The second-order valence-electron chi connectivity index (χ2n) is 6.63. The molecular weight excluding hydrogens is 415 g/mol. The van der Waals surface area contributed by atoms with Crippen LogP contribution in [0.3, 0.4) is 0 Å². The predicted octanol–water partition coefficient (Wildman–Crippen LogP) is 4.97. The van der Waals surface area contributed by atoms with Gasteiger partial charge in [0.25, 0.3) is 0 Å². The van der Waals surface area contributed by atoms with E-state index in [-0.39, 0.29) is 16.8 Å². The molecule has 1 aliphatic rings. The summed E-state index contributed by atoms with van der Waals surface area (Å²) >= 11 is 6.79. The maximum absolute atomic E-state index is 13.2. The molecule has 1 atom stereocenters. The van der Waals surface area contributed by atoms with Gasteiger partial charge in [0.15, 0.2) is 0 Å². The number of halogens is 4. The van der Waals surface area contributed by atoms with Gasteiger partial charge in [0.2, 0.25) is 11.1 Å². The lowest BCUT2D eigenvalue weighted by Crippen LogP contribution is -2.25.